The summed E-state index contributed by atoms with van der Waals surface area (Å²) in [5.41, 5.74) is -1.16. The van der Waals surface area contributed by atoms with Crippen molar-refractivity contribution >= 4 is 11.4 Å². The van der Waals surface area contributed by atoms with Crippen molar-refractivity contribution in [3.05, 3.63) is 32.8 Å². The van der Waals surface area contributed by atoms with E-state index in [1.54, 1.807) is 0 Å². The zero-order chi connectivity index (χ0) is 12.4. The summed E-state index contributed by atoms with van der Waals surface area (Å²) in [6.07, 6.45) is 1.45. The molecule has 17 heavy (non-hydrogen) atoms. The van der Waals surface area contributed by atoms with Crippen molar-refractivity contribution in [2.75, 3.05) is 0 Å². The zero-order valence-corrected chi connectivity index (χ0v) is 7.80. The number of rotatable bonds is 4. The van der Waals surface area contributed by atoms with Crippen LogP contribution in [0.1, 0.15) is 0 Å². The third kappa shape index (κ3) is 1.88. The summed E-state index contributed by atoms with van der Waals surface area (Å²) in [6, 6.07) is 0. The van der Waals surface area contributed by atoms with Crippen LogP contribution in [-0.4, -0.2) is 20.2 Å². The van der Waals surface area contributed by atoms with Gasteiger partial charge in [0.1, 0.15) is 0 Å². The van der Waals surface area contributed by atoms with Gasteiger partial charge in [0.2, 0.25) is 12.5 Å². The molecule has 0 radical (unpaired) electrons. The number of hydrogen-bond donors (Lipinski definition) is 0. The van der Waals surface area contributed by atoms with Crippen LogP contribution in [0.5, 0.6) is 11.8 Å². The predicted molar refractivity (Wildman–Crippen MR) is 46.4 cm³/mol. The summed E-state index contributed by atoms with van der Waals surface area (Å²) in [5, 5.41) is 27.3. The van der Waals surface area contributed by atoms with E-state index in [4.69, 9.17) is 4.74 Å². The summed E-state index contributed by atoms with van der Waals surface area (Å²) in [6.45, 7) is 0. The molecule has 11 nitrogen and oxygen atoms in total. The van der Waals surface area contributed by atoms with Crippen molar-refractivity contribution in [3.8, 4) is 11.8 Å². The van der Waals surface area contributed by atoms with E-state index in [1.165, 1.54) is 0 Å². The van der Waals surface area contributed by atoms with Crippen LogP contribution in [0.25, 0.3) is 0 Å². The third-order valence-corrected chi connectivity index (χ3v) is 1.62. The van der Waals surface area contributed by atoms with Crippen LogP contribution in [0, 0.1) is 20.2 Å². The quantitative estimate of drug-likeness (QED) is 0.570. The lowest BCUT2D eigenvalue weighted by Gasteiger charge is -1.94. The molecular weight excluding hydrogens is 240 g/mol. The van der Waals surface area contributed by atoms with E-state index in [9.17, 15) is 20.2 Å². The average Bonchev–Trinajstić information content (AvgIpc) is 2.86. The van der Waals surface area contributed by atoms with Crippen molar-refractivity contribution in [2.45, 2.75) is 0 Å². The van der Waals surface area contributed by atoms with Crippen LogP contribution in [0.3, 0.4) is 0 Å². The van der Waals surface area contributed by atoms with E-state index in [1.807, 2.05) is 0 Å². The highest BCUT2D eigenvalue weighted by Crippen LogP contribution is 2.33. The van der Waals surface area contributed by atoms with Gasteiger partial charge < -0.3 is 13.8 Å². The van der Waals surface area contributed by atoms with Crippen LogP contribution in [0.4, 0.5) is 11.4 Å². The van der Waals surface area contributed by atoms with E-state index < -0.39 is 33.0 Å². The van der Waals surface area contributed by atoms with Crippen molar-refractivity contribution in [1.82, 2.24) is 10.3 Å². The first-order valence-electron chi connectivity index (χ1n) is 3.95. The minimum Gasteiger partial charge on any atom is -0.404 e. The predicted octanol–water partition coefficient (Wildman–Crippen LogP) is 1.27. The lowest BCUT2D eigenvalue weighted by molar-refractivity contribution is -0.387. The van der Waals surface area contributed by atoms with Gasteiger partial charge in [0.15, 0.2) is 0 Å². The maximum Gasteiger partial charge on any atom is 0.371 e. The second kappa shape index (κ2) is 3.88. The van der Waals surface area contributed by atoms with Crippen LogP contribution in [0.2, 0.25) is 0 Å². The monoisotopic (exact) mass is 242 g/mol. The molecule has 0 spiro atoms. The number of ether oxygens (including phenoxy) is 1. The molecule has 0 saturated carbocycles. The van der Waals surface area contributed by atoms with Gasteiger partial charge in [0.05, 0.1) is 9.85 Å². The fraction of sp³-hybridized carbons (Fsp3) is 0. The third-order valence-electron chi connectivity index (χ3n) is 1.62. The van der Waals surface area contributed by atoms with Gasteiger partial charge in [-0.3, -0.25) is 20.2 Å². The molecule has 0 bridgehead atoms. The summed E-state index contributed by atoms with van der Waals surface area (Å²) in [4.78, 5) is 19.3. The highest BCUT2D eigenvalue weighted by molar-refractivity contribution is 5.43. The van der Waals surface area contributed by atoms with Gasteiger partial charge in [-0.05, 0) is 10.3 Å². The first-order valence-corrected chi connectivity index (χ1v) is 3.95. The molecule has 0 aliphatic heterocycles. The highest BCUT2D eigenvalue weighted by Gasteiger charge is 2.27. The Bertz CT molecular complexity index is 522. The van der Waals surface area contributed by atoms with Crippen LogP contribution in [0.15, 0.2) is 21.6 Å². The summed E-state index contributed by atoms with van der Waals surface area (Å²) >= 11 is 0. The maximum absolute atomic E-state index is 10.5. The van der Waals surface area contributed by atoms with Crippen molar-refractivity contribution in [3.63, 3.8) is 0 Å². The Hall–Kier alpha value is -2.98. The van der Waals surface area contributed by atoms with E-state index in [2.05, 4.69) is 19.4 Å². The minimum absolute atomic E-state index is 0.549. The molecule has 2 heterocycles. The van der Waals surface area contributed by atoms with E-state index in [0.717, 1.165) is 12.5 Å². The summed E-state index contributed by atoms with van der Waals surface area (Å²) < 4.78 is 13.4. The lowest BCUT2D eigenvalue weighted by Crippen LogP contribution is -1.94. The van der Waals surface area contributed by atoms with Crippen LogP contribution >= 0.6 is 0 Å². The topological polar surface area (TPSA) is 148 Å². The molecule has 2 aromatic rings. The molecule has 2 aromatic heterocycles. The molecule has 0 atom stereocenters. The van der Waals surface area contributed by atoms with E-state index in [-0.39, 0.29) is 0 Å². The van der Waals surface area contributed by atoms with Crippen molar-refractivity contribution in [1.29, 1.82) is 0 Å². The van der Waals surface area contributed by atoms with E-state index >= 15 is 0 Å². The molecule has 0 aliphatic rings. The Balaban J connectivity index is 2.32. The Morgan fingerprint density at radius 2 is 1.41 bits per heavy atom. The fourth-order valence-corrected chi connectivity index (χ4v) is 0.918. The smallest absolute Gasteiger partial charge is 0.371 e. The van der Waals surface area contributed by atoms with E-state index in [0.29, 0.717) is 0 Å². The SMILES string of the molecule is O=[N+]([O-])c1conc1Oc1nocc1[N+](=O)[O-]. The van der Waals surface area contributed by atoms with Gasteiger partial charge in [-0.15, -0.1) is 0 Å². The maximum atomic E-state index is 10.5. The molecule has 0 unspecified atom stereocenters. The molecule has 0 saturated heterocycles. The first-order chi connectivity index (χ1) is 8.09. The molecule has 0 N–H and O–H groups in total. The number of aromatic nitrogens is 2. The standard InChI is InChI=1S/C6H2N4O7/c11-9(12)3-1-15-7-5(3)17-6-4(10(13)14)2-16-8-6/h1-2H. The van der Waals surface area contributed by atoms with Gasteiger partial charge in [-0.25, -0.2) is 0 Å². The molecule has 0 amide bonds. The Morgan fingerprint density at radius 3 is 1.76 bits per heavy atom. The molecular formula is C6H2N4O7. The normalized spacial score (nSPS) is 10.1. The van der Waals surface area contributed by atoms with Gasteiger partial charge in [-0.2, -0.15) is 0 Å². The number of nitrogens with zero attached hydrogens (tertiary/aromatic N) is 4. The van der Waals surface area contributed by atoms with Crippen molar-refractivity contribution in [2.24, 2.45) is 0 Å². The summed E-state index contributed by atoms with van der Waals surface area (Å²) in [7, 11) is 0. The molecule has 11 heteroatoms. The van der Waals surface area contributed by atoms with Gasteiger partial charge in [-0.1, -0.05) is 0 Å². The number of nitro groups is 2. The highest BCUT2D eigenvalue weighted by atomic mass is 16.6. The van der Waals surface area contributed by atoms with Gasteiger partial charge in [0.25, 0.3) is 0 Å². The van der Waals surface area contributed by atoms with Gasteiger partial charge >= 0.3 is 23.1 Å². The first kappa shape index (κ1) is 10.5. The zero-order valence-electron chi connectivity index (χ0n) is 7.80. The Labute approximate surface area is 90.8 Å². The Kier molecular flexibility index (Phi) is 2.40. The molecule has 0 aliphatic carbocycles. The van der Waals surface area contributed by atoms with Gasteiger partial charge in [0, 0.05) is 0 Å². The summed E-state index contributed by atoms with van der Waals surface area (Å²) in [5.74, 6) is -1.10. The second-order valence-corrected chi connectivity index (χ2v) is 2.63. The van der Waals surface area contributed by atoms with Crippen LogP contribution < -0.4 is 4.74 Å². The molecule has 0 aromatic carbocycles. The fourth-order valence-electron chi connectivity index (χ4n) is 0.918. The van der Waals surface area contributed by atoms with Crippen molar-refractivity contribution < 1.29 is 23.6 Å². The average molecular weight is 242 g/mol. The van der Waals surface area contributed by atoms with Crippen LogP contribution in [-0.2, 0) is 0 Å². The second-order valence-electron chi connectivity index (χ2n) is 2.63. The lowest BCUT2D eigenvalue weighted by atomic mass is 10.5. The molecule has 0 fully saturated rings. The molecule has 88 valence electrons. The number of hydrogen-bond acceptors (Lipinski definition) is 9. The Morgan fingerprint density at radius 1 is 1.00 bits per heavy atom. The molecule has 2 rings (SSSR count). The minimum atomic E-state index is -0.822. The largest absolute Gasteiger partial charge is 0.404 e.